The van der Waals surface area contributed by atoms with Crippen LogP contribution in [0.2, 0.25) is 0 Å². The Morgan fingerprint density at radius 3 is 2.77 bits per heavy atom. The molecule has 0 unspecified atom stereocenters. The number of carbonyl (C=O) groups excluding carboxylic acids is 1. The van der Waals surface area contributed by atoms with Gasteiger partial charge in [-0.15, -0.1) is 0 Å². The van der Waals surface area contributed by atoms with Crippen molar-refractivity contribution in [2.45, 2.75) is 31.3 Å². The number of anilines is 1. The smallest absolute Gasteiger partial charge is 0.230 e. The van der Waals surface area contributed by atoms with Gasteiger partial charge in [0, 0.05) is 51.6 Å². The third-order valence-corrected chi connectivity index (χ3v) is 5.60. The number of fused-ring (bicyclic) bond motifs is 2. The number of aromatic nitrogens is 4. The summed E-state index contributed by atoms with van der Waals surface area (Å²) in [6.45, 7) is 3.93. The fourth-order valence-corrected chi connectivity index (χ4v) is 4.20. The van der Waals surface area contributed by atoms with Crippen LogP contribution in [0.3, 0.4) is 0 Å². The Bertz CT molecular complexity index is 774. The Labute approximate surface area is 153 Å². The third-order valence-electron chi connectivity index (χ3n) is 5.60. The van der Waals surface area contributed by atoms with E-state index in [-0.39, 0.29) is 11.4 Å². The van der Waals surface area contributed by atoms with Crippen molar-refractivity contribution >= 4 is 11.7 Å². The van der Waals surface area contributed by atoms with Crippen LogP contribution in [0.25, 0.3) is 0 Å². The Morgan fingerprint density at radius 1 is 1.27 bits per heavy atom. The van der Waals surface area contributed by atoms with Gasteiger partial charge in [0.25, 0.3) is 0 Å². The Kier molecular flexibility index (Phi) is 4.54. The molecule has 0 N–H and O–H groups in total. The van der Waals surface area contributed by atoms with Crippen molar-refractivity contribution in [3.63, 3.8) is 0 Å². The van der Waals surface area contributed by atoms with E-state index in [0.29, 0.717) is 19.6 Å². The van der Waals surface area contributed by atoms with Gasteiger partial charge >= 0.3 is 0 Å². The number of methoxy groups -OCH3 is 1. The molecule has 26 heavy (non-hydrogen) atoms. The molecule has 4 rings (SSSR count). The number of nitrogens with zero attached hydrogens (tertiary/aromatic N) is 6. The number of rotatable bonds is 5. The van der Waals surface area contributed by atoms with E-state index in [2.05, 4.69) is 26.0 Å². The molecule has 1 fully saturated rings. The fourth-order valence-electron chi connectivity index (χ4n) is 4.20. The van der Waals surface area contributed by atoms with Crippen molar-refractivity contribution in [2.24, 2.45) is 7.05 Å². The first kappa shape index (κ1) is 17.2. The maximum Gasteiger partial charge on any atom is 0.230 e. The third kappa shape index (κ3) is 3.03. The van der Waals surface area contributed by atoms with Crippen molar-refractivity contribution in [2.75, 3.05) is 38.3 Å². The van der Waals surface area contributed by atoms with Crippen molar-refractivity contribution in [1.82, 2.24) is 24.5 Å². The first-order valence-electron chi connectivity index (χ1n) is 9.15. The van der Waals surface area contributed by atoms with Crippen LogP contribution in [-0.4, -0.2) is 63.7 Å². The number of piperidine rings is 1. The summed E-state index contributed by atoms with van der Waals surface area (Å²) in [5.41, 5.74) is 1.04. The summed E-state index contributed by atoms with van der Waals surface area (Å²) in [5, 5.41) is 8.84. The minimum absolute atomic E-state index is 0.177. The minimum Gasteiger partial charge on any atom is -0.383 e. The van der Waals surface area contributed by atoms with Gasteiger partial charge in [-0.1, -0.05) is 0 Å². The van der Waals surface area contributed by atoms with Gasteiger partial charge in [0.15, 0.2) is 0 Å². The standard InChI is InChI=1S/C18H26N6O2/c1-21-13-15(12-20-21)14-22-7-4-18(5-8-22)11-17(25)23(9-10-26-2)16-3-6-19-24(16)18/h3,6,12-13H,4-5,7-11,14H2,1-2H3. The van der Waals surface area contributed by atoms with E-state index >= 15 is 0 Å². The molecule has 0 saturated carbocycles. The second kappa shape index (κ2) is 6.85. The van der Waals surface area contributed by atoms with E-state index in [1.165, 1.54) is 5.56 Å². The molecule has 4 heterocycles. The topological polar surface area (TPSA) is 68.4 Å². The molecule has 0 aromatic carbocycles. The molecule has 2 aliphatic rings. The predicted molar refractivity (Wildman–Crippen MR) is 96.8 cm³/mol. The molecule has 1 amide bonds. The lowest BCUT2D eigenvalue weighted by Crippen LogP contribution is -2.54. The molecule has 2 aromatic heterocycles. The van der Waals surface area contributed by atoms with E-state index < -0.39 is 0 Å². The number of hydrogen-bond acceptors (Lipinski definition) is 5. The SMILES string of the molecule is COCCN1C(=O)CC2(CCN(Cc3cnn(C)c3)CC2)n2nccc21. The summed E-state index contributed by atoms with van der Waals surface area (Å²) in [7, 11) is 3.60. The molecule has 140 valence electrons. The molecular weight excluding hydrogens is 332 g/mol. The summed E-state index contributed by atoms with van der Waals surface area (Å²) in [5.74, 6) is 1.08. The molecule has 0 aliphatic carbocycles. The van der Waals surface area contributed by atoms with Crippen LogP contribution in [0.4, 0.5) is 5.82 Å². The zero-order valence-electron chi connectivity index (χ0n) is 15.5. The minimum atomic E-state index is -0.190. The van der Waals surface area contributed by atoms with Crippen molar-refractivity contribution in [3.8, 4) is 0 Å². The molecule has 0 bridgehead atoms. The monoisotopic (exact) mass is 358 g/mol. The van der Waals surface area contributed by atoms with Crippen molar-refractivity contribution in [3.05, 3.63) is 30.2 Å². The highest BCUT2D eigenvalue weighted by atomic mass is 16.5. The van der Waals surface area contributed by atoms with Gasteiger partial charge in [0.05, 0.1) is 37.5 Å². The zero-order chi connectivity index (χ0) is 18.1. The van der Waals surface area contributed by atoms with Gasteiger partial charge in [0.2, 0.25) is 5.91 Å². The quantitative estimate of drug-likeness (QED) is 0.797. The Balaban J connectivity index is 1.48. The van der Waals surface area contributed by atoms with Crippen molar-refractivity contribution < 1.29 is 9.53 Å². The lowest BCUT2D eigenvalue weighted by Gasteiger charge is -2.46. The summed E-state index contributed by atoms with van der Waals surface area (Å²) in [6.07, 6.45) is 8.18. The number of ether oxygens (including phenoxy) is 1. The molecule has 8 heteroatoms. The van der Waals surface area contributed by atoms with E-state index in [9.17, 15) is 4.79 Å². The molecule has 1 spiro atoms. The first-order valence-corrected chi connectivity index (χ1v) is 9.15. The van der Waals surface area contributed by atoms with Crippen LogP contribution in [-0.2, 0) is 28.7 Å². The lowest BCUT2D eigenvalue weighted by molar-refractivity contribution is -0.123. The summed E-state index contributed by atoms with van der Waals surface area (Å²) in [6, 6.07) is 1.94. The van der Waals surface area contributed by atoms with Crippen molar-refractivity contribution in [1.29, 1.82) is 0 Å². The Hall–Kier alpha value is -2.19. The molecule has 8 nitrogen and oxygen atoms in total. The average Bonchev–Trinajstić information content (AvgIpc) is 3.27. The van der Waals surface area contributed by atoms with E-state index in [1.54, 1.807) is 13.3 Å². The maximum atomic E-state index is 12.8. The number of carbonyl (C=O) groups is 1. The normalized spacial score (nSPS) is 19.9. The van der Waals surface area contributed by atoms with Crippen LogP contribution in [0, 0.1) is 0 Å². The fraction of sp³-hybridized carbons (Fsp3) is 0.611. The van der Waals surface area contributed by atoms with Gasteiger partial charge in [-0.3, -0.25) is 19.3 Å². The molecule has 2 aliphatic heterocycles. The van der Waals surface area contributed by atoms with Crippen LogP contribution in [0.1, 0.15) is 24.8 Å². The zero-order valence-corrected chi connectivity index (χ0v) is 15.5. The number of aryl methyl sites for hydroxylation is 1. The Morgan fingerprint density at radius 2 is 2.08 bits per heavy atom. The highest BCUT2D eigenvalue weighted by Crippen LogP contribution is 2.40. The van der Waals surface area contributed by atoms with Gasteiger partial charge < -0.3 is 4.74 Å². The molecule has 1 saturated heterocycles. The summed E-state index contributed by atoms with van der Waals surface area (Å²) in [4.78, 5) is 17.1. The molecule has 2 aromatic rings. The van der Waals surface area contributed by atoms with Crippen LogP contribution >= 0.6 is 0 Å². The summed E-state index contributed by atoms with van der Waals surface area (Å²) >= 11 is 0. The van der Waals surface area contributed by atoms with E-state index in [4.69, 9.17) is 4.74 Å². The summed E-state index contributed by atoms with van der Waals surface area (Å²) < 4.78 is 9.08. The maximum absolute atomic E-state index is 12.8. The average molecular weight is 358 g/mol. The number of likely N-dealkylation sites (tertiary alicyclic amines) is 1. The second-order valence-corrected chi connectivity index (χ2v) is 7.34. The van der Waals surface area contributed by atoms with E-state index in [0.717, 1.165) is 38.3 Å². The van der Waals surface area contributed by atoms with Crippen LogP contribution in [0.5, 0.6) is 0 Å². The highest BCUT2D eigenvalue weighted by molar-refractivity contribution is 5.94. The van der Waals surface area contributed by atoms with Gasteiger partial charge in [-0.25, -0.2) is 4.68 Å². The highest BCUT2D eigenvalue weighted by Gasteiger charge is 2.45. The van der Waals surface area contributed by atoms with Crippen LogP contribution in [0.15, 0.2) is 24.7 Å². The number of hydrogen-bond donors (Lipinski definition) is 0. The number of amides is 1. The van der Waals surface area contributed by atoms with Gasteiger partial charge in [0.1, 0.15) is 5.82 Å². The van der Waals surface area contributed by atoms with Gasteiger partial charge in [-0.05, 0) is 12.8 Å². The second-order valence-electron chi connectivity index (χ2n) is 7.34. The molecule has 0 radical (unpaired) electrons. The molecule has 0 atom stereocenters. The predicted octanol–water partition coefficient (Wildman–Crippen LogP) is 0.991. The lowest BCUT2D eigenvalue weighted by atomic mass is 9.82. The molecular formula is C18H26N6O2. The van der Waals surface area contributed by atoms with Gasteiger partial charge in [-0.2, -0.15) is 10.2 Å². The van der Waals surface area contributed by atoms with E-state index in [1.807, 2.05) is 28.9 Å². The van der Waals surface area contributed by atoms with Crippen LogP contribution < -0.4 is 4.90 Å². The first-order chi connectivity index (χ1) is 12.6. The largest absolute Gasteiger partial charge is 0.383 e.